The van der Waals surface area contributed by atoms with Crippen molar-refractivity contribution in [2.75, 3.05) is 171 Å². The number of likely N-dealkylation sites (N-methyl/N-ethyl adjacent to an activating group) is 5. The van der Waals surface area contributed by atoms with E-state index in [2.05, 4.69) is 102 Å². The fourth-order valence-corrected chi connectivity index (χ4v) is 12.3. The van der Waals surface area contributed by atoms with Crippen LogP contribution in [0.2, 0.25) is 25.1 Å². The minimum absolute atomic E-state index is 0.00150. The molecule has 26 heteroatoms. The average molecular weight is 1450 g/mol. The number of halogens is 6. The molecule has 93 heavy (non-hydrogen) atoms. The van der Waals surface area contributed by atoms with E-state index in [1.807, 2.05) is 130 Å². The van der Waals surface area contributed by atoms with Crippen LogP contribution in [0.3, 0.4) is 0 Å². The van der Waals surface area contributed by atoms with Gasteiger partial charge in [-0.2, -0.15) is 0 Å². The van der Waals surface area contributed by atoms with Crippen molar-refractivity contribution in [1.29, 1.82) is 0 Å². The van der Waals surface area contributed by atoms with Crippen molar-refractivity contribution in [3.05, 3.63) is 166 Å². The number of carbonyl (C=O) groups is 5. The van der Waals surface area contributed by atoms with Crippen LogP contribution in [0.5, 0.6) is 0 Å². The van der Waals surface area contributed by atoms with Crippen molar-refractivity contribution in [2.24, 2.45) is 0 Å². The van der Waals surface area contributed by atoms with Gasteiger partial charge in [0.2, 0.25) is 0 Å². The third-order valence-electron chi connectivity index (χ3n) is 16.6. The minimum atomic E-state index is -0.0517. The van der Waals surface area contributed by atoms with Crippen LogP contribution in [0, 0.1) is 20.8 Å². The molecule has 5 heterocycles. The molecule has 0 spiro atoms. The molecule has 5 aromatic rings. The van der Waals surface area contributed by atoms with Gasteiger partial charge in [-0.05, 0) is 131 Å². The van der Waals surface area contributed by atoms with Crippen molar-refractivity contribution in [3.8, 4) is 0 Å². The Morgan fingerprint density at radius 3 is 1.15 bits per heavy atom. The van der Waals surface area contributed by atoms with Gasteiger partial charge < -0.3 is 75.6 Å². The summed E-state index contributed by atoms with van der Waals surface area (Å²) in [6.45, 7) is 25.0. The molecule has 0 bridgehead atoms. The van der Waals surface area contributed by atoms with Crippen molar-refractivity contribution in [3.63, 3.8) is 0 Å². The minimum Gasteiger partial charge on any atom is -0.334 e. The second kappa shape index (κ2) is 39.3. The van der Waals surface area contributed by atoms with Gasteiger partial charge in [-0.25, -0.2) is 24.0 Å². The zero-order valence-corrected chi connectivity index (χ0v) is 60.4. The summed E-state index contributed by atoms with van der Waals surface area (Å²) in [6.07, 6.45) is 0. The number of rotatable bonds is 9. The number of urea groups is 5. The SMILES string of the molecule is CN1CCN(C(=O)NCc2cccc(Cl)c2Cl)CC1.CN1CCN(C(=O)NCc2ccccc2)CC1.CN1CCN(C(=O)NCc2ccccc2Cl)CC1.Cc1cc(Br)cc(C)c1NC(=O)N1CCN(C)CC1.Cc1cc(Cl)cc(Cl)c1CNC(=O)N1CCN(C)CC1. The van der Waals surface area contributed by atoms with Crippen molar-refractivity contribution in [1.82, 2.24) is 70.3 Å². The zero-order chi connectivity index (χ0) is 67.6. The van der Waals surface area contributed by atoms with Crippen LogP contribution in [-0.2, 0) is 26.2 Å². The lowest BCUT2D eigenvalue weighted by Crippen LogP contribution is -2.50. The molecule has 0 saturated carbocycles. The van der Waals surface area contributed by atoms with E-state index in [0.29, 0.717) is 51.3 Å². The van der Waals surface area contributed by atoms with E-state index in [0.717, 1.165) is 180 Å². The van der Waals surface area contributed by atoms with Crippen LogP contribution in [0.25, 0.3) is 0 Å². The molecule has 0 aromatic heterocycles. The Morgan fingerprint density at radius 1 is 0.376 bits per heavy atom. The first-order chi connectivity index (χ1) is 44.4. The molecule has 508 valence electrons. The molecule has 0 aliphatic carbocycles. The zero-order valence-electron chi connectivity index (χ0n) is 55.0. The number of nitrogens with zero attached hydrogens (tertiary/aromatic N) is 10. The Bertz CT molecular complexity index is 3150. The van der Waals surface area contributed by atoms with Crippen molar-refractivity contribution in [2.45, 2.75) is 47.0 Å². The number of carbonyl (C=O) groups excluding carboxylic acids is 5. The van der Waals surface area contributed by atoms with E-state index >= 15 is 0 Å². The van der Waals surface area contributed by atoms with Crippen LogP contribution in [0.1, 0.15) is 38.9 Å². The van der Waals surface area contributed by atoms with Crippen LogP contribution < -0.4 is 26.6 Å². The Hall–Kier alpha value is -5.82. The first-order valence-electron chi connectivity index (χ1n) is 31.5. The molecule has 0 radical (unpaired) electrons. The third kappa shape index (κ3) is 26.0. The summed E-state index contributed by atoms with van der Waals surface area (Å²) in [5, 5.41) is 17.6. The summed E-state index contributed by atoms with van der Waals surface area (Å²) in [7, 11) is 10.4. The monoisotopic (exact) mass is 1440 g/mol. The summed E-state index contributed by atoms with van der Waals surface area (Å²) in [4.78, 5) is 80.5. The summed E-state index contributed by atoms with van der Waals surface area (Å²) in [5.41, 5.74) is 7.89. The first kappa shape index (κ1) is 76.2. The standard InChI is InChI=1S/C14H20BrN3O.C14H19Cl2N3O.C13H17Cl2N3O.C13H18ClN3O.C13H19N3O/c1-10-8-12(15)9-11(2)13(10)16-14(19)18-6-4-17(3)5-7-18;1-10-7-11(15)8-13(16)12(10)9-17-14(20)19-5-3-18(2)4-6-19;1-17-5-7-18(8-6-17)13(19)16-9-10-3-2-4-11(14)12(10)15;1-16-6-8-17(9-7-16)13(18)15-10-11-4-2-3-5-12(11)14;1-15-7-9-16(10-8-15)13(17)14-11-12-5-3-2-4-6-12/h8-9H,4-7H2,1-3H3,(H,16,19);7-8H,3-6,9H2,1-2H3,(H,17,20);2-4H,5-9H2,1H3,(H,16,19);2-5H,6-10H2,1H3,(H,15,18);2-6H,7-11H2,1H3,(H,14,17). The van der Waals surface area contributed by atoms with Crippen LogP contribution in [0.4, 0.5) is 29.7 Å². The fourth-order valence-electron chi connectivity index (χ4n) is 10.4. The maximum absolute atomic E-state index is 12.2. The van der Waals surface area contributed by atoms with Crippen molar-refractivity contribution < 1.29 is 24.0 Å². The lowest BCUT2D eigenvalue weighted by molar-refractivity contribution is 0.153. The fraction of sp³-hybridized carbons (Fsp3) is 0.478. The van der Waals surface area contributed by atoms with Crippen molar-refractivity contribution >= 4 is 110 Å². The Labute approximate surface area is 584 Å². The third-order valence-corrected chi connectivity index (χ3v) is 18.9. The molecule has 10 rings (SSSR count). The topological polar surface area (TPSA) is 178 Å². The van der Waals surface area contributed by atoms with Gasteiger partial charge in [-0.1, -0.05) is 135 Å². The molecular weight excluding hydrogens is 1350 g/mol. The van der Waals surface area contributed by atoms with E-state index in [9.17, 15) is 24.0 Å². The van der Waals surface area contributed by atoms with Gasteiger partial charge in [0.15, 0.2) is 0 Å². The highest BCUT2D eigenvalue weighted by molar-refractivity contribution is 9.10. The second-order valence-electron chi connectivity index (χ2n) is 23.9. The van der Waals surface area contributed by atoms with Gasteiger partial charge in [0.25, 0.3) is 0 Å². The van der Waals surface area contributed by atoms with Gasteiger partial charge in [0.1, 0.15) is 0 Å². The highest BCUT2D eigenvalue weighted by Gasteiger charge is 2.24. The predicted molar refractivity (Wildman–Crippen MR) is 382 cm³/mol. The molecule has 0 atom stereocenters. The number of anilines is 1. The van der Waals surface area contributed by atoms with E-state index < -0.39 is 0 Å². The lowest BCUT2D eigenvalue weighted by atomic mass is 10.1. The maximum atomic E-state index is 12.2. The van der Waals surface area contributed by atoms with Gasteiger partial charge in [-0.3, -0.25) is 0 Å². The Balaban J connectivity index is 0.000000185. The average Bonchev–Trinajstić information content (AvgIpc) is 1.18. The number of nitrogens with one attached hydrogen (secondary N) is 5. The largest absolute Gasteiger partial charge is 0.334 e. The van der Waals surface area contributed by atoms with E-state index in [1.165, 1.54) is 0 Å². The van der Waals surface area contributed by atoms with E-state index in [4.69, 9.17) is 58.0 Å². The highest BCUT2D eigenvalue weighted by atomic mass is 79.9. The predicted octanol–water partition coefficient (Wildman–Crippen LogP) is 11.0. The second-order valence-corrected chi connectivity index (χ2v) is 26.9. The van der Waals surface area contributed by atoms with Gasteiger partial charge >= 0.3 is 30.2 Å². The number of aryl methyl sites for hydroxylation is 3. The molecule has 20 nitrogen and oxygen atoms in total. The normalized spacial score (nSPS) is 16.6. The number of hydrogen-bond acceptors (Lipinski definition) is 10. The summed E-state index contributed by atoms with van der Waals surface area (Å²) >= 11 is 33.6. The molecule has 5 aromatic carbocycles. The number of benzene rings is 5. The summed E-state index contributed by atoms with van der Waals surface area (Å²) in [6, 6.07) is 30.5. The van der Waals surface area contributed by atoms with E-state index in [-0.39, 0.29) is 30.2 Å². The van der Waals surface area contributed by atoms with E-state index in [1.54, 1.807) is 12.1 Å². The van der Waals surface area contributed by atoms with Crippen LogP contribution >= 0.6 is 73.9 Å². The smallest absolute Gasteiger partial charge is 0.321 e. The number of piperazine rings is 5. The first-order valence-corrected chi connectivity index (χ1v) is 34.1. The molecule has 0 unspecified atom stereocenters. The molecular formula is C67H93BrCl5N15O5. The summed E-state index contributed by atoms with van der Waals surface area (Å²) in [5.74, 6) is 0. The molecule has 5 aliphatic heterocycles. The number of amides is 10. The highest BCUT2D eigenvalue weighted by Crippen LogP contribution is 2.28. The molecule has 5 aliphatic rings. The molecule has 5 fully saturated rings. The van der Waals surface area contributed by atoms with Crippen LogP contribution in [0.15, 0.2) is 102 Å². The molecule has 5 saturated heterocycles. The summed E-state index contributed by atoms with van der Waals surface area (Å²) < 4.78 is 1.04. The maximum Gasteiger partial charge on any atom is 0.321 e. The Kier molecular flexibility index (Phi) is 32.2. The lowest BCUT2D eigenvalue weighted by Gasteiger charge is -2.32. The molecule has 10 amide bonds. The molecule has 5 N–H and O–H groups in total. The van der Waals surface area contributed by atoms with Gasteiger partial charge in [0.05, 0.1) is 10.0 Å². The Morgan fingerprint density at radius 2 is 0.731 bits per heavy atom. The van der Waals surface area contributed by atoms with Gasteiger partial charge in [-0.15, -0.1) is 0 Å². The van der Waals surface area contributed by atoms with Crippen LogP contribution in [-0.4, -0.2) is 245 Å². The number of hydrogen-bond donors (Lipinski definition) is 5. The quantitative estimate of drug-likeness (QED) is 0.0954. The van der Waals surface area contributed by atoms with Gasteiger partial charge in [0, 0.05) is 182 Å².